The number of piperidine rings is 1. The number of rotatable bonds is 3. The molecule has 3 heteroatoms. The molecule has 1 aliphatic rings. The Balaban J connectivity index is 1.72. The zero-order valence-electron chi connectivity index (χ0n) is 13.5. The molecule has 2 aromatic carbocycles. The second-order valence-corrected chi connectivity index (χ2v) is 6.32. The Morgan fingerprint density at radius 2 is 1.95 bits per heavy atom. The van der Waals surface area contributed by atoms with Crippen LogP contribution in [-0.4, -0.2) is 37.0 Å². The van der Waals surface area contributed by atoms with Crippen LogP contribution >= 0.6 is 0 Å². The van der Waals surface area contributed by atoms with Crippen molar-refractivity contribution in [2.24, 2.45) is 0 Å². The lowest BCUT2D eigenvalue weighted by atomic mass is 10.0. The fourth-order valence-electron chi connectivity index (χ4n) is 3.27. The smallest absolute Gasteiger partial charge is 0.242 e. The third kappa shape index (κ3) is 3.08. The summed E-state index contributed by atoms with van der Waals surface area (Å²) < 4.78 is 0. The number of anilines is 1. The number of fused-ring (bicyclic) bond motifs is 1. The second-order valence-electron chi connectivity index (χ2n) is 6.32. The Labute approximate surface area is 132 Å². The number of hydrogen-bond donors (Lipinski definition) is 0. The van der Waals surface area contributed by atoms with Crippen molar-refractivity contribution in [3.05, 3.63) is 42.5 Å². The summed E-state index contributed by atoms with van der Waals surface area (Å²) in [6, 6.07) is 15.1. The van der Waals surface area contributed by atoms with Crippen molar-refractivity contribution in [3.8, 4) is 0 Å². The first kappa shape index (κ1) is 14.9. The van der Waals surface area contributed by atoms with Crippen molar-refractivity contribution in [2.75, 3.05) is 25.0 Å². The Kier molecular flexibility index (Phi) is 4.32. The molecule has 3 rings (SSSR count). The fraction of sp³-hybridized carbons (Fsp3) is 0.421. The molecule has 1 unspecified atom stereocenters. The number of benzene rings is 2. The van der Waals surface area contributed by atoms with Crippen LogP contribution < -0.4 is 4.90 Å². The zero-order chi connectivity index (χ0) is 15.5. The van der Waals surface area contributed by atoms with Gasteiger partial charge in [0, 0.05) is 25.3 Å². The molecular formula is C19H24N2O. The quantitative estimate of drug-likeness (QED) is 0.862. The molecule has 0 spiro atoms. The van der Waals surface area contributed by atoms with Crippen molar-refractivity contribution >= 4 is 22.4 Å². The number of amides is 1. The molecule has 1 saturated heterocycles. The number of hydrogen-bond acceptors (Lipinski definition) is 2. The Morgan fingerprint density at radius 3 is 2.73 bits per heavy atom. The average Bonchev–Trinajstić information content (AvgIpc) is 2.54. The minimum Gasteiger partial charge on any atom is -0.365 e. The van der Waals surface area contributed by atoms with Crippen LogP contribution in [0.4, 0.5) is 5.69 Å². The largest absolute Gasteiger partial charge is 0.365 e. The van der Waals surface area contributed by atoms with E-state index >= 15 is 0 Å². The summed E-state index contributed by atoms with van der Waals surface area (Å²) in [6.07, 6.45) is 3.51. The molecule has 22 heavy (non-hydrogen) atoms. The first-order valence-corrected chi connectivity index (χ1v) is 8.14. The number of carbonyl (C=O) groups is 1. The van der Waals surface area contributed by atoms with Crippen LogP contribution in [0, 0.1) is 0 Å². The van der Waals surface area contributed by atoms with Gasteiger partial charge in [-0.2, -0.15) is 0 Å². The SMILES string of the molecule is CC1CCCCN1C(=O)CN(C)c1ccc2ccccc2c1. The molecule has 1 amide bonds. The highest BCUT2D eigenvalue weighted by Crippen LogP contribution is 2.22. The van der Waals surface area contributed by atoms with Gasteiger partial charge in [0.25, 0.3) is 0 Å². The molecule has 0 bridgehead atoms. The summed E-state index contributed by atoms with van der Waals surface area (Å²) in [5, 5.41) is 2.45. The van der Waals surface area contributed by atoms with E-state index in [0.29, 0.717) is 12.6 Å². The molecule has 3 nitrogen and oxygen atoms in total. The normalized spacial score (nSPS) is 18.5. The first-order chi connectivity index (χ1) is 10.6. The van der Waals surface area contributed by atoms with E-state index in [9.17, 15) is 4.79 Å². The monoisotopic (exact) mass is 296 g/mol. The van der Waals surface area contributed by atoms with E-state index in [-0.39, 0.29) is 5.91 Å². The van der Waals surface area contributed by atoms with E-state index in [1.54, 1.807) is 0 Å². The van der Waals surface area contributed by atoms with Crippen molar-refractivity contribution in [3.63, 3.8) is 0 Å². The lowest BCUT2D eigenvalue weighted by molar-refractivity contribution is -0.132. The van der Waals surface area contributed by atoms with Crippen molar-refractivity contribution in [1.29, 1.82) is 0 Å². The van der Waals surface area contributed by atoms with Gasteiger partial charge < -0.3 is 9.80 Å². The van der Waals surface area contributed by atoms with Gasteiger partial charge in [-0.25, -0.2) is 0 Å². The standard InChI is InChI=1S/C19H24N2O/c1-15-7-5-6-12-21(15)19(22)14-20(2)18-11-10-16-8-3-4-9-17(16)13-18/h3-4,8-11,13,15H,5-7,12,14H2,1-2H3. The zero-order valence-corrected chi connectivity index (χ0v) is 13.5. The summed E-state index contributed by atoms with van der Waals surface area (Å²) in [6.45, 7) is 3.52. The van der Waals surface area contributed by atoms with Gasteiger partial charge in [-0.3, -0.25) is 4.79 Å². The van der Waals surface area contributed by atoms with Gasteiger partial charge in [0.15, 0.2) is 0 Å². The van der Waals surface area contributed by atoms with Gasteiger partial charge >= 0.3 is 0 Å². The van der Waals surface area contributed by atoms with Gasteiger partial charge in [0.2, 0.25) is 5.91 Å². The maximum absolute atomic E-state index is 12.5. The van der Waals surface area contributed by atoms with Crippen LogP contribution in [0.1, 0.15) is 26.2 Å². The first-order valence-electron chi connectivity index (χ1n) is 8.14. The number of nitrogens with zero attached hydrogens (tertiary/aromatic N) is 2. The predicted octanol–water partition coefficient (Wildman–Crippen LogP) is 3.68. The Morgan fingerprint density at radius 1 is 1.18 bits per heavy atom. The number of likely N-dealkylation sites (tertiary alicyclic amines) is 1. The third-order valence-electron chi connectivity index (χ3n) is 4.67. The molecular weight excluding hydrogens is 272 g/mol. The van der Waals surface area contributed by atoms with Crippen molar-refractivity contribution in [2.45, 2.75) is 32.2 Å². The molecule has 0 saturated carbocycles. The lowest BCUT2D eigenvalue weighted by Gasteiger charge is -2.35. The van der Waals surface area contributed by atoms with Crippen LogP contribution in [0.25, 0.3) is 10.8 Å². The third-order valence-corrected chi connectivity index (χ3v) is 4.67. The molecule has 1 fully saturated rings. The van der Waals surface area contributed by atoms with E-state index in [0.717, 1.165) is 25.1 Å². The van der Waals surface area contributed by atoms with Crippen LogP contribution in [-0.2, 0) is 4.79 Å². The molecule has 1 atom stereocenters. The highest BCUT2D eigenvalue weighted by molar-refractivity contribution is 5.87. The molecule has 116 valence electrons. The Hall–Kier alpha value is -2.03. The highest BCUT2D eigenvalue weighted by Gasteiger charge is 2.23. The highest BCUT2D eigenvalue weighted by atomic mass is 16.2. The van der Waals surface area contributed by atoms with Crippen LogP contribution in [0.3, 0.4) is 0 Å². The van der Waals surface area contributed by atoms with E-state index in [4.69, 9.17) is 0 Å². The minimum absolute atomic E-state index is 0.239. The van der Waals surface area contributed by atoms with Gasteiger partial charge in [-0.15, -0.1) is 0 Å². The van der Waals surface area contributed by atoms with E-state index < -0.39 is 0 Å². The van der Waals surface area contributed by atoms with Crippen molar-refractivity contribution < 1.29 is 4.79 Å². The summed E-state index contributed by atoms with van der Waals surface area (Å²) in [5.41, 5.74) is 1.09. The summed E-state index contributed by atoms with van der Waals surface area (Å²) in [5.74, 6) is 0.239. The van der Waals surface area contributed by atoms with E-state index in [1.165, 1.54) is 17.2 Å². The molecule has 2 aromatic rings. The maximum Gasteiger partial charge on any atom is 0.242 e. The minimum atomic E-state index is 0.239. The molecule has 1 heterocycles. The fourth-order valence-corrected chi connectivity index (χ4v) is 3.27. The summed E-state index contributed by atoms with van der Waals surface area (Å²) in [4.78, 5) is 16.6. The van der Waals surface area contributed by atoms with Crippen molar-refractivity contribution in [1.82, 2.24) is 4.90 Å². The molecule has 0 radical (unpaired) electrons. The van der Waals surface area contributed by atoms with Gasteiger partial charge in [-0.05, 0) is 49.1 Å². The molecule has 0 aliphatic carbocycles. The van der Waals surface area contributed by atoms with Gasteiger partial charge in [0.05, 0.1) is 6.54 Å². The molecule has 1 aliphatic heterocycles. The number of carbonyl (C=O) groups excluding carboxylic acids is 1. The average molecular weight is 296 g/mol. The molecule has 0 aromatic heterocycles. The van der Waals surface area contributed by atoms with Crippen LogP contribution in [0.15, 0.2) is 42.5 Å². The van der Waals surface area contributed by atoms with Gasteiger partial charge in [-0.1, -0.05) is 30.3 Å². The van der Waals surface area contributed by atoms with Crippen LogP contribution in [0.5, 0.6) is 0 Å². The van der Waals surface area contributed by atoms with E-state index in [2.05, 4.69) is 42.2 Å². The topological polar surface area (TPSA) is 23.6 Å². The predicted molar refractivity (Wildman–Crippen MR) is 92.2 cm³/mol. The van der Waals surface area contributed by atoms with Crippen LogP contribution in [0.2, 0.25) is 0 Å². The number of likely N-dealkylation sites (N-methyl/N-ethyl adjacent to an activating group) is 1. The van der Waals surface area contributed by atoms with Gasteiger partial charge in [0.1, 0.15) is 0 Å². The lowest BCUT2D eigenvalue weighted by Crippen LogP contribution is -2.46. The molecule has 0 N–H and O–H groups in total. The second kappa shape index (κ2) is 6.39. The summed E-state index contributed by atoms with van der Waals surface area (Å²) in [7, 11) is 2.00. The maximum atomic E-state index is 12.5. The van der Waals surface area contributed by atoms with E-state index in [1.807, 2.05) is 24.1 Å². The summed E-state index contributed by atoms with van der Waals surface area (Å²) >= 11 is 0. The Bertz CT molecular complexity index is 667.